The second-order valence-corrected chi connectivity index (χ2v) is 6.93. The second kappa shape index (κ2) is 8.86. The Balaban J connectivity index is 1.48. The number of rotatable bonds is 5. The SMILES string of the molecule is CC1CN(c2ccc(NC(=O)NCCc3ccccc3F)cc2)CC(C)O1. The van der Waals surface area contributed by atoms with E-state index in [1.807, 2.05) is 24.3 Å². The van der Waals surface area contributed by atoms with E-state index in [1.54, 1.807) is 18.2 Å². The van der Waals surface area contributed by atoms with Gasteiger partial charge in [0.25, 0.3) is 0 Å². The number of nitrogens with one attached hydrogen (secondary N) is 2. The first-order chi connectivity index (χ1) is 13.0. The Bertz CT molecular complexity index is 756. The Kier molecular flexibility index (Phi) is 6.29. The highest BCUT2D eigenvalue weighted by Crippen LogP contribution is 2.22. The van der Waals surface area contributed by atoms with Crippen LogP contribution in [0.4, 0.5) is 20.6 Å². The van der Waals surface area contributed by atoms with Crippen molar-refractivity contribution in [1.82, 2.24) is 5.32 Å². The van der Waals surface area contributed by atoms with Crippen LogP contribution in [0.2, 0.25) is 0 Å². The average molecular weight is 371 g/mol. The van der Waals surface area contributed by atoms with Crippen LogP contribution in [-0.2, 0) is 11.2 Å². The highest BCUT2D eigenvalue weighted by atomic mass is 19.1. The molecule has 0 aliphatic carbocycles. The number of morpholine rings is 1. The molecule has 0 radical (unpaired) electrons. The number of ether oxygens (including phenoxy) is 1. The van der Waals surface area contributed by atoms with Crippen molar-refractivity contribution in [3.05, 3.63) is 59.9 Å². The zero-order valence-electron chi connectivity index (χ0n) is 15.7. The zero-order valence-corrected chi connectivity index (χ0v) is 15.7. The lowest BCUT2D eigenvalue weighted by Gasteiger charge is -2.36. The third kappa shape index (κ3) is 5.44. The van der Waals surface area contributed by atoms with Crippen molar-refractivity contribution in [3.63, 3.8) is 0 Å². The third-order valence-corrected chi connectivity index (χ3v) is 4.55. The van der Waals surface area contributed by atoms with Crippen LogP contribution in [0.5, 0.6) is 0 Å². The van der Waals surface area contributed by atoms with E-state index in [9.17, 15) is 9.18 Å². The molecular weight excluding hydrogens is 345 g/mol. The lowest BCUT2D eigenvalue weighted by molar-refractivity contribution is -0.00521. The number of hydrogen-bond donors (Lipinski definition) is 2. The summed E-state index contributed by atoms with van der Waals surface area (Å²) >= 11 is 0. The first-order valence-corrected chi connectivity index (χ1v) is 9.30. The minimum absolute atomic E-state index is 0.201. The van der Waals surface area contributed by atoms with Crippen molar-refractivity contribution in [3.8, 4) is 0 Å². The number of amides is 2. The van der Waals surface area contributed by atoms with Gasteiger partial charge in [-0.05, 0) is 56.2 Å². The fourth-order valence-corrected chi connectivity index (χ4v) is 3.33. The molecule has 2 amide bonds. The van der Waals surface area contributed by atoms with Crippen LogP contribution in [0.25, 0.3) is 0 Å². The lowest BCUT2D eigenvalue weighted by atomic mass is 10.1. The molecule has 0 bridgehead atoms. The molecule has 1 aliphatic heterocycles. The fraction of sp³-hybridized carbons (Fsp3) is 0.381. The van der Waals surface area contributed by atoms with Gasteiger partial charge >= 0.3 is 6.03 Å². The number of hydrogen-bond acceptors (Lipinski definition) is 3. The van der Waals surface area contributed by atoms with Crippen molar-refractivity contribution < 1.29 is 13.9 Å². The van der Waals surface area contributed by atoms with Gasteiger partial charge in [-0.25, -0.2) is 9.18 Å². The van der Waals surface area contributed by atoms with E-state index in [4.69, 9.17) is 4.74 Å². The monoisotopic (exact) mass is 371 g/mol. The average Bonchev–Trinajstić information content (AvgIpc) is 2.63. The summed E-state index contributed by atoms with van der Waals surface area (Å²) in [6.45, 7) is 6.23. The van der Waals surface area contributed by atoms with Gasteiger partial charge in [0.2, 0.25) is 0 Å². The van der Waals surface area contributed by atoms with E-state index in [1.165, 1.54) is 6.07 Å². The minimum Gasteiger partial charge on any atom is -0.372 e. The highest BCUT2D eigenvalue weighted by Gasteiger charge is 2.22. The highest BCUT2D eigenvalue weighted by molar-refractivity contribution is 5.89. The van der Waals surface area contributed by atoms with Gasteiger partial charge in [-0.15, -0.1) is 0 Å². The van der Waals surface area contributed by atoms with Gasteiger partial charge in [0.15, 0.2) is 0 Å². The molecule has 1 aliphatic rings. The Morgan fingerprint density at radius 1 is 1.11 bits per heavy atom. The molecular formula is C21H26FN3O2. The van der Waals surface area contributed by atoms with Crippen LogP contribution >= 0.6 is 0 Å². The first-order valence-electron chi connectivity index (χ1n) is 9.30. The van der Waals surface area contributed by atoms with Gasteiger partial charge in [-0.3, -0.25) is 0 Å². The molecule has 2 N–H and O–H groups in total. The molecule has 2 aromatic carbocycles. The number of nitrogens with zero attached hydrogens (tertiary/aromatic N) is 1. The van der Waals surface area contributed by atoms with E-state index in [0.717, 1.165) is 24.5 Å². The summed E-state index contributed by atoms with van der Waals surface area (Å²) in [4.78, 5) is 14.3. The number of anilines is 2. The molecule has 144 valence electrons. The van der Waals surface area contributed by atoms with Crippen molar-refractivity contribution in [2.75, 3.05) is 29.9 Å². The van der Waals surface area contributed by atoms with Crippen LogP contribution in [0, 0.1) is 5.82 Å². The van der Waals surface area contributed by atoms with Crippen LogP contribution in [0.1, 0.15) is 19.4 Å². The molecule has 5 nitrogen and oxygen atoms in total. The third-order valence-electron chi connectivity index (χ3n) is 4.55. The fourth-order valence-electron chi connectivity index (χ4n) is 3.33. The number of benzene rings is 2. The molecule has 0 spiro atoms. The minimum atomic E-state index is -0.298. The van der Waals surface area contributed by atoms with E-state index >= 15 is 0 Å². The Morgan fingerprint density at radius 3 is 2.44 bits per heavy atom. The number of carbonyl (C=O) groups excluding carboxylic acids is 1. The molecule has 2 atom stereocenters. The zero-order chi connectivity index (χ0) is 19.2. The van der Waals surface area contributed by atoms with Crippen LogP contribution in [-0.4, -0.2) is 37.9 Å². The van der Waals surface area contributed by atoms with Crippen LogP contribution in [0.15, 0.2) is 48.5 Å². The van der Waals surface area contributed by atoms with Gasteiger partial charge in [-0.2, -0.15) is 0 Å². The Hall–Kier alpha value is -2.60. The van der Waals surface area contributed by atoms with Crippen molar-refractivity contribution in [1.29, 1.82) is 0 Å². The summed E-state index contributed by atoms with van der Waals surface area (Å²) < 4.78 is 19.3. The van der Waals surface area contributed by atoms with Gasteiger partial charge in [-0.1, -0.05) is 18.2 Å². The van der Waals surface area contributed by atoms with E-state index in [-0.39, 0.29) is 24.1 Å². The molecule has 2 aromatic rings. The van der Waals surface area contributed by atoms with Crippen LogP contribution < -0.4 is 15.5 Å². The van der Waals surface area contributed by atoms with Crippen LogP contribution in [0.3, 0.4) is 0 Å². The van der Waals surface area contributed by atoms with Crippen molar-refractivity contribution in [2.24, 2.45) is 0 Å². The largest absolute Gasteiger partial charge is 0.372 e. The number of carbonyl (C=O) groups is 1. The molecule has 1 fully saturated rings. The van der Waals surface area contributed by atoms with Gasteiger partial charge < -0.3 is 20.3 Å². The first kappa shape index (κ1) is 19.2. The Morgan fingerprint density at radius 2 is 1.78 bits per heavy atom. The summed E-state index contributed by atoms with van der Waals surface area (Å²) in [5.41, 5.74) is 2.43. The summed E-state index contributed by atoms with van der Waals surface area (Å²) in [5.74, 6) is -0.248. The Labute approximate surface area is 159 Å². The summed E-state index contributed by atoms with van der Waals surface area (Å²) in [6.07, 6.45) is 0.852. The number of halogens is 1. The predicted octanol–water partition coefficient (Wildman–Crippen LogP) is 3.80. The molecule has 2 unspecified atom stereocenters. The smallest absolute Gasteiger partial charge is 0.319 e. The second-order valence-electron chi connectivity index (χ2n) is 6.93. The van der Waals surface area contributed by atoms with Gasteiger partial charge in [0.1, 0.15) is 5.82 Å². The maximum Gasteiger partial charge on any atom is 0.319 e. The maximum atomic E-state index is 13.6. The molecule has 1 saturated heterocycles. The molecule has 0 saturated carbocycles. The molecule has 1 heterocycles. The molecule has 0 aromatic heterocycles. The molecule has 27 heavy (non-hydrogen) atoms. The van der Waals surface area contributed by atoms with Gasteiger partial charge in [0, 0.05) is 31.0 Å². The summed E-state index contributed by atoms with van der Waals surface area (Å²) in [5, 5.41) is 5.56. The van der Waals surface area contributed by atoms with E-state index in [0.29, 0.717) is 18.5 Å². The quantitative estimate of drug-likeness (QED) is 0.840. The van der Waals surface area contributed by atoms with E-state index in [2.05, 4.69) is 29.4 Å². The van der Waals surface area contributed by atoms with Gasteiger partial charge in [0.05, 0.1) is 12.2 Å². The van der Waals surface area contributed by atoms with E-state index < -0.39 is 0 Å². The number of urea groups is 1. The topological polar surface area (TPSA) is 53.6 Å². The summed E-state index contributed by atoms with van der Waals surface area (Å²) in [6, 6.07) is 14.1. The lowest BCUT2D eigenvalue weighted by Crippen LogP contribution is -2.45. The van der Waals surface area contributed by atoms with Crippen molar-refractivity contribution in [2.45, 2.75) is 32.5 Å². The normalized spacial score (nSPS) is 19.6. The predicted molar refractivity (Wildman–Crippen MR) is 106 cm³/mol. The summed E-state index contributed by atoms with van der Waals surface area (Å²) in [7, 11) is 0. The standard InChI is InChI=1S/C21H26FN3O2/c1-15-13-25(14-16(2)27-15)19-9-7-18(8-10-19)24-21(26)23-12-11-17-5-3-4-6-20(17)22/h3-10,15-16H,11-14H2,1-2H3,(H2,23,24,26). The van der Waals surface area contributed by atoms with Crippen molar-refractivity contribution >= 4 is 17.4 Å². The molecule has 6 heteroatoms. The maximum absolute atomic E-state index is 13.6. The molecule has 3 rings (SSSR count).